The molecule has 22 heavy (non-hydrogen) atoms. The largest absolute Gasteiger partial charge is 0.271 e. The summed E-state index contributed by atoms with van der Waals surface area (Å²) in [5, 5.41) is 4.98. The van der Waals surface area contributed by atoms with Crippen LogP contribution in [0.1, 0.15) is 31.2 Å². The van der Waals surface area contributed by atoms with Crippen molar-refractivity contribution in [2.75, 3.05) is 0 Å². The molecular weight excluding hydrogens is 323 g/mol. The summed E-state index contributed by atoms with van der Waals surface area (Å²) in [6, 6.07) is 5.35. The molecule has 0 radical (unpaired) electrons. The standard InChI is InChI=1S/C15H18Cl2N4O/c16-11-5-3-6-12(17)10(11)8-18-21-15(22)14-9-4-1-2-7-13(9)19-20-14/h3,5-6,8-9,13-14,19-20H,1-2,4,7H2,(H,21,22)/b18-8+. The first-order valence-corrected chi connectivity index (χ1v) is 8.20. The Morgan fingerprint density at radius 1 is 1.23 bits per heavy atom. The summed E-state index contributed by atoms with van der Waals surface area (Å²) in [6.07, 6.45) is 6.03. The van der Waals surface area contributed by atoms with Gasteiger partial charge < -0.3 is 0 Å². The Bertz CT molecular complexity index is 573. The summed E-state index contributed by atoms with van der Waals surface area (Å²) in [5.74, 6) is 0.189. The summed E-state index contributed by atoms with van der Waals surface area (Å²) < 4.78 is 0. The SMILES string of the molecule is O=C(N/N=C/c1c(Cl)cccc1Cl)C1NNC2CCCCC21. The summed E-state index contributed by atoms with van der Waals surface area (Å²) in [6.45, 7) is 0. The van der Waals surface area contributed by atoms with Crippen molar-refractivity contribution < 1.29 is 4.79 Å². The first-order valence-electron chi connectivity index (χ1n) is 7.45. The molecule has 0 spiro atoms. The molecule has 1 saturated carbocycles. The monoisotopic (exact) mass is 340 g/mol. The molecule has 0 bridgehead atoms. The maximum absolute atomic E-state index is 12.3. The van der Waals surface area contributed by atoms with Crippen molar-refractivity contribution in [2.45, 2.75) is 37.8 Å². The minimum absolute atomic E-state index is 0.138. The van der Waals surface area contributed by atoms with Gasteiger partial charge in [-0.2, -0.15) is 5.10 Å². The highest BCUT2D eigenvalue weighted by Gasteiger charge is 2.40. The fourth-order valence-electron chi connectivity index (χ4n) is 3.17. The Labute approximate surface area is 139 Å². The van der Waals surface area contributed by atoms with Gasteiger partial charge in [-0.1, -0.05) is 42.1 Å². The number of fused-ring (bicyclic) bond motifs is 1. The average molecular weight is 341 g/mol. The predicted molar refractivity (Wildman–Crippen MR) is 88.0 cm³/mol. The van der Waals surface area contributed by atoms with E-state index in [9.17, 15) is 4.79 Å². The summed E-state index contributed by atoms with van der Waals surface area (Å²) in [5.41, 5.74) is 9.46. The Morgan fingerprint density at radius 3 is 2.73 bits per heavy atom. The molecule has 3 rings (SSSR count). The molecule has 3 N–H and O–H groups in total. The zero-order valence-electron chi connectivity index (χ0n) is 12.0. The number of halogens is 2. The van der Waals surface area contributed by atoms with Crippen molar-refractivity contribution in [1.82, 2.24) is 16.3 Å². The Morgan fingerprint density at radius 2 is 1.95 bits per heavy atom. The maximum atomic E-state index is 12.3. The number of carbonyl (C=O) groups is 1. The topological polar surface area (TPSA) is 65.5 Å². The van der Waals surface area contributed by atoms with Crippen LogP contribution in [-0.4, -0.2) is 24.2 Å². The van der Waals surface area contributed by atoms with Gasteiger partial charge in [-0.05, 0) is 25.0 Å². The van der Waals surface area contributed by atoms with Gasteiger partial charge in [0.15, 0.2) is 0 Å². The average Bonchev–Trinajstić information content (AvgIpc) is 2.94. The Hall–Kier alpha value is -1.14. The third-order valence-corrected chi connectivity index (χ3v) is 4.98. The van der Waals surface area contributed by atoms with E-state index in [0.29, 0.717) is 27.6 Å². The van der Waals surface area contributed by atoms with E-state index >= 15 is 0 Å². The quantitative estimate of drug-likeness (QED) is 0.585. The van der Waals surface area contributed by atoms with E-state index in [-0.39, 0.29) is 11.9 Å². The smallest absolute Gasteiger partial charge is 0.258 e. The van der Waals surface area contributed by atoms with Gasteiger partial charge in [0, 0.05) is 17.5 Å². The number of amides is 1. The van der Waals surface area contributed by atoms with Crippen molar-refractivity contribution in [1.29, 1.82) is 0 Å². The zero-order valence-corrected chi connectivity index (χ0v) is 13.5. The molecule has 2 fully saturated rings. The number of nitrogens with zero attached hydrogens (tertiary/aromatic N) is 1. The van der Waals surface area contributed by atoms with E-state index in [1.165, 1.54) is 19.1 Å². The number of carbonyl (C=O) groups excluding carboxylic acids is 1. The number of benzene rings is 1. The molecule has 1 aliphatic carbocycles. The maximum Gasteiger partial charge on any atom is 0.258 e. The van der Waals surface area contributed by atoms with Crippen LogP contribution in [0.2, 0.25) is 10.0 Å². The van der Waals surface area contributed by atoms with E-state index in [0.717, 1.165) is 12.8 Å². The first kappa shape index (κ1) is 15.7. The highest BCUT2D eigenvalue weighted by atomic mass is 35.5. The number of hydrazone groups is 1. The van der Waals surface area contributed by atoms with Gasteiger partial charge in [0.05, 0.1) is 16.3 Å². The number of rotatable bonds is 3. The number of hydrogen-bond acceptors (Lipinski definition) is 4. The van der Waals surface area contributed by atoms with Crippen molar-refractivity contribution in [2.24, 2.45) is 11.0 Å². The molecule has 7 heteroatoms. The summed E-state index contributed by atoms with van der Waals surface area (Å²) >= 11 is 12.1. The third-order valence-electron chi connectivity index (χ3n) is 4.32. The second kappa shape index (κ2) is 6.96. The molecule has 1 saturated heterocycles. The molecule has 0 aromatic heterocycles. The van der Waals surface area contributed by atoms with Gasteiger partial charge in [0.25, 0.3) is 5.91 Å². The van der Waals surface area contributed by atoms with E-state index < -0.39 is 0 Å². The van der Waals surface area contributed by atoms with Crippen LogP contribution in [-0.2, 0) is 4.79 Å². The summed E-state index contributed by atoms with van der Waals surface area (Å²) in [4.78, 5) is 12.3. The zero-order chi connectivity index (χ0) is 15.5. The molecule has 1 aliphatic heterocycles. The Kier molecular flexibility index (Phi) is 4.98. The molecule has 5 nitrogen and oxygen atoms in total. The minimum Gasteiger partial charge on any atom is -0.271 e. The number of hydrazine groups is 1. The summed E-state index contributed by atoms with van der Waals surface area (Å²) in [7, 11) is 0. The lowest BCUT2D eigenvalue weighted by atomic mass is 9.81. The number of nitrogens with one attached hydrogen (secondary N) is 3. The molecule has 1 heterocycles. The van der Waals surface area contributed by atoms with Gasteiger partial charge in [-0.25, -0.2) is 10.9 Å². The minimum atomic E-state index is -0.246. The van der Waals surface area contributed by atoms with E-state index in [4.69, 9.17) is 23.2 Å². The molecule has 1 aromatic carbocycles. The van der Waals surface area contributed by atoms with Gasteiger partial charge in [0.2, 0.25) is 0 Å². The predicted octanol–water partition coefficient (Wildman–Crippen LogP) is 2.48. The second-order valence-corrected chi connectivity index (χ2v) is 6.51. The van der Waals surface area contributed by atoms with Gasteiger partial charge in [-0.15, -0.1) is 0 Å². The highest BCUT2D eigenvalue weighted by molar-refractivity contribution is 6.38. The van der Waals surface area contributed by atoms with Crippen LogP contribution < -0.4 is 16.3 Å². The van der Waals surface area contributed by atoms with Crippen LogP contribution in [0.5, 0.6) is 0 Å². The van der Waals surface area contributed by atoms with Crippen molar-refractivity contribution >= 4 is 35.3 Å². The third kappa shape index (κ3) is 3.27. The van der Waals surface area contributed by atoms with Gasteiger partial charge in [0.1, 0.15) is 6.04 Å². The van der Waals surface area contributed by atoms with Crippen LogP contribution >= 0.6 is 23.2 Å². The lowest BCUT2D eigenvalue weighted by Gasteiger charge is -2.26. The molecule has 3 unspecified atom stereocenters. The van der Waals surface area contributed by atoms with Crippen LogP contribution in [0, 0.1) is 5.92 Å². The van der Waals surface area contributed by atoms with Crippen LogP contribution in [0.15, 0.2) is 23.3 Å². The molecule has 118 valence electrons. The first-order chi connectivity index (χ1) is 10.7. The second-order valence-electron chi connectivity index (χ2n) is 5.69. The Balaban J connectivity index is 1.62. The lowest BCUT2D eigenvalue weighted by Crippen LogP contribution is -2.44. The lowest BCUT2D eigenvalue weighted by molar-refractivity contribution is -0.123. The molecular formula is C15H18Cl2N4O. The fourth-order valence-corrected chi connectivity index (χ4v) is 3.66. The van der Waals surface area contributed by atoms with Crippen molar-refractivity contribution in [3.8, 4) is 0 Å². The number of hydrogen-bond donors (Lipinski definition) is 3. The normalized spacial score (nSPS) is 27.8. The van der Waals surface area contributed by atoms with Crippen molar-refractivity contribution in [3.63, 3.8) is 0 Å². The van der Waals surface area contributed by atoms with Gasteiger partial charge in [-0.3, -0.25) is 10.2 Å². The molecule has 3 atom stereocenters. The van der Waals surface area contributed by atoms with Crippen LogP contribution in [0.3, 0.4) is 0 Å². The van der Waals surface area contributed by atoms with Gasteiger partial charge >= 0.3 is 0 Å². The van der Waals surface area contributed by atoms with E-state index in [2.05, 4.69) is 21.4 Å². The molecule has 1 amide bonds. The van der Waals surface area contributed by atoms with Crippen LogP contribution in [0.4, 0.5) is 0 Å². The fraction of sp³-hybridized carbons (Fsp3) is 0.467. The van der Waals surface area contributed by atoms with E-state index in [1.807, 2.05) is 0 Å². The van der Waals surface area contributed by atoms with E-state index in [1.54, 1.807) is 18.2 Å². The molecule has 1 aromatic rings. The van der Waals surface area contributed by atoms with Crippen LogP contribution in [0.25, 0.3) is 0 Å². The molecule has 2 aliphatic rings. The van der Waals surface area contributed by atoms with Crippen molar-refractivity contribution in [3.05, 3.63) is 33.8 Å². The highest BCUT2D eigenvalue weighted by Crippen LogP contribution is 2.30.